The van der Waals surface area contributed by atoms with E-state index in [-0.39, 0.29) is 11.2 Å². The minimum Gasteiger partial charge on any atom is -0.367 e. The monoisotopic (exact) mass is 217 g/mol. The number of H-pyrrole nitrogens is 1. The van der Waals surface area contributed by atoms with Gasteiger partial charge in [-0.1, -0.05) is 32.9 Å². The molecule has 0 aliphatic rings. The lowest BCUT2D eigenvalue weighted by molar-refractivity contribution is 0.592. The number of hydrogen-bond acceptors (Lipinski definition) is 0. The minimum atomic E-state index is -0.198. The Morgan fingerprint density at radius 1 is 1.00 bits per heavy atom. The van der Waals surface area contributed by atoms with Crippen LogP contribution in [0.4, 0.5) is 4.39 Å². The van der Waals surface area contributed by atoms with Crippen LogP contribution >= 0.6 is 0 Å². The third-order valence-electron chi connectivity index (χ3n) is 2.71. The molecule has 0 spiro atoms. The lowest BCUT2D eigenvalue weighted by Crippen LogP contribution is -2.10. The highest BCUT2D eigenvalue weighted by Gasteiger charge is 2.19. The quantitative estimate of drug-likeness (QED) is 0.739. The first-order chi connectivity index (χ1) is 7.48. The van der Waals surface area contributed by atoms with Gasteiger partial charge in [0.1, 0.15) is 5.82 Å². The van der Waals surface area contributed by atoms with E-state index in [4.69, 9.17) is 0 Å². The fraction of sp³-hybridized carbons (Fsp3) is 0.286. The smallest absolute Gasteiger partial charge is 0.123 e. The van der Waals surface area contributed by atoms with Gasteiger partial charge in [-0.05, 0) is 28.7 Å². The maximum absolute atomic E-state index is 12.9. The third kappa shape index (κ3) is 2.01. The number of rotatable bonds is 1. The molecule has 0 saturated heterocycles. The van der Waals surface area contributed by atoms with E-state index in [1.807, 2.05) is 24.5 Å². The zero-order chi connectivity index (χ0) is 11.8. The largest absolute Gasteiger partial charge is 0.367 e. The number of benzene rings is 1. The molecule has 1 aromatic heterocycles. The average Bonchev–Trinajstić information content (AvgIpc) is 2.66. The highest BCUT2D eigenvalue weighted by atomic mass is 19.1. The second-order valence-electron chi connectivity index (χ2n) is 5.04. The van der Waals surface area contributed by atoms with Crippen LogP contribution in [-0.4, -0.2) is 4.98 Å². The molecule has 16 heavy (non-hydrogen) atoms. The molecular formula is C14H16FN. The molecule has 2 rings (SSSR count). The molecule has 84 valence electrons. The minimum absolute atomic E-state index is 0.0870. The predicted octanol–water partition coefficient (Wildman–Crippen LogP) is 4.12. The summed E-state index contributed by atoms with van der Waals surface area (Å²) < 4.78 is 12.9. The summed E-state index contributed by atoms with van der Waals surface area (Å²) in [5.41, 5.74) is 3.53. The van der Waals surface area contributed by atoms with Crippen molar-refractivity contribution in [1.29, 1.82) is 0 Å². The van der Waals surface area contributed by atoms with E-state index in [9.17, 15) is 4.39 Å². The molecular weight excluding hydrogens is 201 g/mol. The van der Waals surface area contributed by atoms with Crippen molar-refractivity contribution in [2.45, 2.75) is 26.2 Å². The molecule has 0 amide bonds. The van der Waals surface area contributed by atoms with Gasteiger partial charge in [0.2, 0.25) is 0 Å². The molecule has 1 aromatic carbocycles. The van der Waals surface area contributed by atoms with Crippen LogP contribution in [0.25, 0.3) is 11.1 Å². The van der Waals surface area contributed by atoms with Crippen molar-refractivity contribution in [3.8, 4) is 11.1 Å². The second kappa shape index (κ2) is 3.78. The van der Waals surface area contributed by atoms with Gasteiger partial charge in [0.05, 0.1) is 0 Å². The summed E-state index contributed by atoms with van der Waals surface area (Å²) in [4.78, 5) is 3.12. The van der Waals surface area contributed by atoms with Crippen LogP contribution in [-0.2, 0) is 5.41 Å². The van der Waals surface area contributed by atoms with Crippen molar-refractivity contribution < 1.29 is 4.39 Å². The zero-order valence-electron chi connectivity index (χ0n) is 9.84. The fourth-order valence-electron chi connectivity index (χ4n) is 1.85. The summed E-state index contributed by atoms with van der Waals surface area (Å²) in [6.45, 7) is 6.51. The average molecular weight is 217 g/mol. The molecule has 0 radical (unpaired) electrons. The van der Waals surface area contributed by atoms with E-state index in [2.05, 4.69) is 25.8 Å². The molecule has 0 saturated carbocycles. The molecule has 0 unspecified atom stereocenters. The Bertz CT molecular complexity index is 474. The van der Waals surface area contributed by atoms with Gasteiger partial charge in [-0.2, -0.15) is 0 Å². The maximum atomic E-state index is 12.9. The Hall–Kier alpha value is -1.57. The van der Waals surface area contributed by atoms with Gasteiger partial charge >= 0.3 is 0 Å². The SMILES string of the molecule is CC(C)(C)c1c[nH]cc1-c1ccc(F)cc1. The van der Waals surface area contributed by atoms with Gasteiger partial charge in [-0.15, -0.1) is 0 Å². The maximum Gasteiger partial charge on any atom is 0.123 e. The summed E-state index contributed by atoms with van der Waals surface area (Å²) >= 11 is 0. The summed E-state index contributed by atoms with van der Waals surface area (Å²) in [6.07, 6.45) is 3.98. The standard InChI is InChI=1S/C14H16FN/c1-14(2,3)13-9-16-8-12(13)10-4-6-11(15)7-5-10/h4-9,16H,1-3H3. The number of aromatic nitrogens is 1. The Morgan fingerprint density at radius 3 is 2.19 bits per heavy atom. The highest BCUT2D eigenvalue weighted by molar-refractivity contribution is 5.68. The van der Waals surface area contributed by atoms with E-state index in [1.165, 1.54) is 17.7 Å². The van der Waals surface area contributed by atoms with Crippen molar-refractivity contribution >= 4 is 0 Å². The van der Waals surface area contributed by atoms with E-state index in [1.54, 1.807) is 0 Å². The molecule has 1 heterocycles. The van der Waals surface area contributed by atoms with Gasteiger partial charge in [-0.25, -0.2) is 4.39 Å². The van der Waals surface area contributed by atoms with E-state index in [0.717, 1.165) is 11.1 Å². The van der Waals surface area contributed by atoms with Crippen LogP contribution in [0.5, 0.6) is 0 Å². The molecule has 0 aliphatic carbocycles. The van der Waals surface area contributed by atoms with Gasteiger partial charge in [0, 0.05) is 18.0 Å². The summed E-state index contributed by atoms with van der Waals surface area (Å²) in [5, 5.41) is 0. The van der Waals surface area contributed by atoms with Crippen molar-refractivity contribution in [3.63, 3.8) is 0 Å². The normalized spacial score (nSPS) is 11.8. The van der Waals surface area contributed by atoms with Gasteiger partial charge in [0.25, 0.3) is 0 Å². The Balaban J connectivity index is 2.49. The lowest BCUT2D eigenvalue weighted by atomic mass is 9.84. The fourth-order valence-corrected chi connectivity index (χ4v) is 1.85. The number of aromatic amines is 1. The van der Waals surface area contributed by atoms with E-state index >= 15 is 0 Å². The molecule has 1 nitrogen and oxygen atoms in total. The van der Waals surface area contributed by atoms with Crippen LogP contribution in [0, 0.1) is 5.82 Å². The predicted molar refractivity (Wildman–Crippen MR) is 64.9 cm³/mol. The van der Waals surface area contributed by atoms with Crippen LogP contribution < -0.4 is 0 Å². The highest BCUT2D eigenvalue weighted by Crippen LogP contribution is 2.32. The van der Waals surface area contributed by atoms with Crippen LogP contribution in [0.1, 0.15) is 26.3 Å². The molecule has 1 N–H and O–H groups in total. The first-order valence-electron chi connectivity index (χ1n) is 5.42. The topological polar surface area (TPSA) is 15.8 Å². The Kier molecular flexibility index (Phi) is 2.58. The van der Waals surface area contributed by atoms with Crippen molar-refractivity contribution in [2.24, 2.45) is 0 Å². The number of nitrogens with one attached hydrogen (secondary N) is 1. The molecule has 0 bridgehead atoms. The number of hydrogen-bond donors (Lipinski definition) is 1. The lowest BCUT2D eigenvalue weighted by Gasteiger charge is -2.19. The first-order valence-corrected chi connectivity index (χ1v) is 5.42. The molecule has 0 atom stereocenters. The molecule has 0 aliphatic heterocycles. The summed E-state index contributed by atoms with van der Waals surface area (Å²) in [6, 6.07) is 6.62. The van der Waals surface area contributed by atoms with E-state index < -0.39 is 0 Å². The van der Waals surface area contributed by atoms with Crippen LogP contribution in [0.3, 0.4) is 0 Å². The molecule has 2 aromatic rings. The van der Waals surface area contributed by atoms with Gasteiger partial charge in [0.15, 0.2) is 0 Å². The first kappa shape index (κ1) is 10.9. The number of halogens is 1. The van der Waals surface area contributed by atoms with Crippen molar-refractivity contribution in [1.82, 2.24) is 4.98 Å². The van der Waals surface area contributed by atoms with Crippen LogP contribution in [0.15, 0.2) is 36.7 Å². The molecule has 0 fully saturated rings. The second-order valence-corrected chi connectivity index (χ2v) is 5.04. The zero-order valence-corrected chi connectivity index (χ0v) is 9.84. The summed E-state index contributed by atoms with van der Waals surface area (Å²) in [7, 11) is 0. The Morgan fingerprint density at radius 2 is 1.62 bits per heavy atom. The Labute approximate surface area is 95.3 Å². The molecule has 2 heteroatoms. The van der Waals surface area contributed by atoms with Crippen molar-refractivity contribution in [3.05, 3.63) is 48.0 Å². The van der Waals surface area contributed by atoms with E-state index in [0.29, 0.717) is 0 Å². The van der Waals surface area contributed by atoms with Crippen molar-refractivity contribution in [2.75, 3.05) is 0 Å². The van der Waals surface area contributed by atoms with Gasteiger partial charge < -0.3 is 4.98 Å². The summed E-state index contributed by atoms with van der Waals surface area (Å²) in [5.74, 6) is -0.198. The van der Waals surface area contributed by atoms with Gasteiger partial charge in [-0.3, -0.25) is 0 Å². The van der Waals surface area contributed by atoms with Crippen LogP contribution in [0.2, 0.25) is 0 Å². The third-order valence-corrected chi connectivity index (χ3v) is 2.71.